The number of hydrogen-bond donors (Lipinski definition) is 2. The van der Waals surface area contributed by atoms with Gasteiger partial charge in [-0.05, 0) is 24.5 Å². The topological polar surface area (TPSA) is 71.5 Å². The van der Waals surface area contributed by atoms with Gasteiger partial charge in [0.2, 0.25) is 0 Å². The molecule has 0 spiro atoms. The van der Waals surface area contributed by atoms with Crippen molar-refractivity contribution >= 4 is 5.91 Å². The average Bonchev–Trinajstić information content (AvgIpc) is 3.16. The second-order valence-electron chi connectivity index (χ2n) is 6.78. The fraction of sp³-hybridized carbons (Fsp3) is 0.647. The molecule has 5 nitrogen and oxygen atoms in total. The van der Waals surface area contributed by atoms with E-state index >= 15 is 0 Å². The van der Waals surface area contributed by atoms with Crippen molar-refractivity contribution < 1.29 is 14.6 Å². The molecule has 22 heavy (non-hydrogen) atoms. The number of nitrogens with zero attached hydrogens (tertiary/aromatic N) is 1. The van der Waals surface area contributed by atoms with Crippen LogP contribution in [-0.2, 0) is 4.74 Å². The Morgan fingerprint density at radius 2 is 2.14 bits per heavy atom. The van der Waals surface area contributed by atoms with E-state index in [9.17, 15) is 9.90 Å². The molecule has 1 aliphatic heterocycles. The summed E-state index contributed by atoms with van der Waals surface area (Å²) in [6.45, 7) is 0.805. The molecule has 0 bridgehead atoms. The summed E-state index contributed by atoms with van der Waals surface area (Å²) in [6.07, 6.45) is 7.96. The zero-order valence-corrected chi connectivity index (χ0v) is 12.6. The predicted molar refractivity (Wildman–Crippen MR) is 80.5 cm³/mol. The first kappa shape index (κ1) is 14.0. The highest BCUT2D eigenvalue weighted by Crippen LogP contribution is 2.51. The molecule has 5 heteroatoms. The van der Waals surface area contributed by atoms with Crippen molar-refractivity contribution in [3.63, 3.8) is 0 Å². The fourth-order valence-electron chi connectivity index (χ4n) is 4.65. The molecule has 4 rings (SSSR count). The van der Waals surface area contributed by atoms with Crippen LogP contribution >= 0.6 is 0 Å². The third kappa shape index (κ3) is 2.19. The predicted octanol–water partition coefficient (Wildman–Crippen LogP) is 2.11. The van der Waals surface area contributed by atoms with Crippen LogP contribution in [0.15, 0.2) is 18.3 Å². The van der Waals surface area contributed by atoms with Gasteiger partial charge in [0.25, 0.3) is 5.91 Å². The molecule has 0 radical (unpaired) electrons. The van der Waals surface area contributed by atoms with Crippen molar-refractivity contribution in [3.8, 4) is 5.75 Å². The van der Waals surface area contributed by atoms with Gasteiger partial charge in [-0.2, -0.15) is 0 Å². The van der Waals surface area contributed by atoms with Crippen LogP contribution in [0.5, 0.6) is 5.75 Å². The highest BCUT2D eigenvalue weighted by Gasteiger charge is 2.57. The summed E-state index contributed by atoms with van der Waals surface area (Å²) >= 11 is 0. The Morgan fingerprint density at radius 3 is 2.91 bits per heavy atom. The summed E-state index contributed by atoms with van der Waals surface area (Å²) in [5, 5.41) is 12.9. The zero-order chi connectivity index (χ0) is 15.1. The first-order valence-corrected chi connectivity index (χ1v) is 8.32. The minimum Gasteiger partial charge on any atom is -0.505 e. The molecule has 2 saturated carbocycles. The van der Waals surface area contributed by atoms with E-state index < -0.39 is 0 Å². The molecule has 2 N–H and O–H groups in total. The minimum absolute atomic E-state index is 0.0593. The summed E-state index contributed by atoms with van der Waals surface area (Å²) < 4.78 is 5.90. The van der Waals surface area contributed by atoms with E-state index in [0.29, 0.717) is 23.9 Å². The lowest BCUT2D eigenvalue weighted by Crippen LogP contribution is -2.63. The Bertz CT molecular complexity index is 566. The van der Waals surface area contributed by atoms with Crippen LogP contribution in [-0.4, -0.2) is 34.8 Å². The van der Waals surface area contributed by atoms with Crippen molar-refractivity contribution in [1.82, 2.24) is 10.3 Å². The normalized spacial score (nSPS) is 34.2. The maximum Gasteiger partial charge on any atom is 0.273 e. The molecule has 1 amide bonds. The first-order chi connectivity index (χ1) is 10.8. The summed E-state index contributed by atoms with van der Waals surface area (Å²) in [6, 6.07) is 3.29. The lowest BCUT2D eigenvalue weighted by atomic mass is 9.61. The number of carbonyl (C=O) groups is 1. The molecule has 4 atom stereocenters. The molecule has 3 aliphatic rings. The van der Waals surface area contributed by atoms with Crippen LogP contribution in [0.2, 0.25) is 0 Å². The van der Waals surface area contributed by atoms with E-state index in [1.165, 1.54) is 37.9 Å². The third-order valence-electron chi connectivity index (χ3n) is 5.68. The molecule has 0 aromatic carbocycles. The van der Waals surface area contributed by atoms with Gasteiger partial charge in [0.05, 0.1) is 6.10 Å². The average molecular weight is 302 g/mol. The standard InChI is InChI=1S/C17H22N2O3/c20-12-6-3-8-18-15(12)17(21)19-14-11-7-9-22-16(11)13(14)10-4-1-2-5-10/h3,6,8,10-11,13-14,16,20H,1-2,4-5,7,9H2,(H,19,21)/t11-,13+,14+,16-/m0/s1. The molecule has 0 unspecified atom stereocenters. The number of aromatic hydroxyl groups is 1. The second-order valence-corrected chi connectivity index (χ2v) is 6.78. The third-order valence-corrected chi connectivity index (χ3v) is 5.68. The number of ether oxygens (including phenoxy) is 1. The SMILES string of the molecule is O=C(N[C@@H]1[C@@H]2CCO[C@@H]2[C@@H]1C1CCCC1)c1ncccc1O. The quantitative estimate of drug-likeness (QED) is 0.897. The van der Waals surface area contributed by atoms with Gasteiger partial charge in [-0.1, -0.05) is 25.7 Å². The van der Waals surface area contributed by atoms with Crippen LogP contribution in [0.3, 0.4) is 0 Å². The summed E-state index contributed by atoms with van der Waals surface area (Å²) in [5.41, 5.74) is 0.120. The largest absolute Gasteiger partial charge is 0.505 e. The van der Waals surface area contributed by atoms with Crippen LogP contribution in [0.4, 0.5) is 0 Å². The molecule has 1 aromatic rings. The number of amides is 1. The number of rotatable bonds is 3. The van der Waals surface area contributed by atoms with Gasteiger partial charge in [0, 0.05) is 30.7 Å². The van der Waals surface area contributed by atoms with Gasteiger partial charge >= 0.3 is 0 Å². The molecule has 1 aromatic heterocycles. The zero-order valence-electron chi connectivity index (χ0n) is 12.6. The van der Waals surface area contributed by atoms with Gasteiger partial charge in [-0.15, -0.1) is 0 Å². The molecule has 1 saturated heterocycles. The fourth-order valence-corrected chi connectivity index (χ4v) is 4.65. The molecular formula is C17H22N2O3. The van der Waals surface area contributed by atoms with Crippen molar-refractivity contribution in [3.05, 3.63) is 24.0 Å². The van der Waals surface area contributed by atoms with Crippen molar-refractivity contribution in [2.45, 2.75) is 44.2 Å². The summed E-state index contributed by atoms with van der Waals surface area (Å²) in [7, 11) is 0. The maximum absolute atomic E-state index is 12.4. The number of pyridine rings is 1. The highest BCUT2D eigenvalue weighted by molar-refractivity contribution is 5.95. The van der Waals surface area contributed by atoms with E-state index in [-0.39, 0.29) is 23.4 Å². The maximum atomic E-state index is 12.4. The highest BCUT2D eigenvalue weighted by atomic mass is 16.5. The van der Waals surface area contributed by atoms with Gasteiger partial charge in [-0.3, -0.25) is 4.79 Å². The lowest BCUT2D eigenvalue weighted by Gasteiger charge is -2.50. The monoisotopic (exact) mass is 302 g/mol. The van der Waals surface area contributed by atoms with E-state index in [1.54, 1.807) is 6.07 Å². The second kappa shape index (κ2) is 5.54. The Hall–Kier alpha value is -1.62. The van der Waals surface area contributed by atoms with Crippen molar-refractivity contribution in [1.29, 1.82) is 0 Å². The molecule has 118 valence electrons. The number of aromatic nitrogens is 1. The van der Waals surface area contributed by atoms with E-state index in [1.807, 2.05) is 0 Å². The van der Waals surface area contributed by atoms with Crippen LogP contribution < -0.4 is 5.32 Å². The molecule has 2 aliphatic carbocycles. The van der Waals surface area contributed by atoms with Gasteiger partial charge in [0.15, 0.2) is 5.69 Å². The van der Waals surface area contributed by atoms with E-state index in [2.05, 4.69) is 10.3 Å². The van der Waals surface area contributed by atoms with Gasteiger partial charge in [-0.25, -0.2) is 4.98 Å². The Morgan fingerprint density at radius 1 is 1.32 bits per heavy atom. The van der Waals surface area contributed by atoms with E-state index in [0.717, 1.165) is 13.0 Å². The number of carbonyl (C=O) groups excluding carboxylic acids is 1. The lowest BCUT2D eigenvalue weighted by molar-refractivity contribution is -0.0784. The minimum atomic E-state index is -0.267. The Labute approximate surface area is 130 Å². The molecule has 2 heterocycles. The number of fused-ring (bicyclic) bond motifs is 1. The van der Waals surface area contributed by atoms with E-state index in [4.69, 9.17) is 4.74 Å². The van der Waals surface area contributed by atoms with Crippen molar-refractivity contribution in [2.75, 3.05) is 6.61 Å². The Kier molecular flexibility index (Phi) is 3.53. The van der Waals surface area contributed by atoms with Crippen molar-refractivity contribution in [2.24, 2.45) is 17.8 Å². The molecule has 3 fully saturated rings. The van der Waals surface area contributed by atoms with Gasteiger partial charge < -0.3 is 15.2 Å². The molecular weight excluding hydrogens is 280 g/mol. The van der Waals surface area contributed by atoms with Crippen LogP contribution in [0.1, 0.15) is 42.6 Å². The summed E-state index contributed by atoms with van der Waals surface area (Å²) in [5.74, 6) is 1.21. The number of nitrogens with one attached hydrogen (secondary N) is 1. The Balaban J connectivity index is 1.50. The smallest absolute Gasteiger partial charge is 0.273 e. The first-order valence-electron chi connectivity index (χ1n) is 8.32. The number of hydrogen-bond acceptors (Lipinski definition) is 4. The summed E-state index contributed by atoms with van der Waals surface area (Å²) in [4.78, 5) is 16.4. The van der Waals surface area contributed by atoms with Crippen LogP contribution in [0, 0.1) is 17.8 Å². The van der Waals surface area contributed by atoms with Gasteiger partial charge in [0.1, 0.15) is 5.75 Å². The van der Waals surface area contributed by atoms with Crippen LogP contribution in [0.25, 0.3) is 0 Å².